The minimum atomic E-state index is -0.581. The fourth-order valence-corrected chi connectivity index (χ4v) is 2.45. The lowest BCUT2D eigenvalue weighted by molar-refractivity contribution is -0.142. The standard InChI is InChI=1S/C20H23FO2/c1-7-15-17(21)9-8-13-10-14(23-19(22)20(4,5)6)11-16(12(2)3)18(13)15/h7-12H,1H2,2-6H3. The van der Waals surface area contributed by atoms with E-state index in [4.69, 9.17) is 4.74 Å². The number of fused-ring (bicyclic) bond motifs is 1. The predicted molar refractivity (Wildman–Crippen MR) is 93.2 cm³/mol. The average molecular weight is 314 g/mol. The molecule has 0 aliphatic carbocycles. The molecule has 0 heterocycles. The lowest BCUT2D eigenvalue weighted by atomic mass is 9.92. The van der Waals surface area contributed by atoms with Gasteiger partial charge in [-0.15, -0.1) is 0 Å². The SMILES string of the molecule is C=Cc1c(F)ccc2cc(OC(=O)C(C)(C)C)cc(C(C)C)c12. The van der Waals surface area contributed by atoms with Gasteiger partial charge in [0.25, 0.3) is 0 Å². The highest BCUT2D eigenvalue weighted by atomic mass is 19.1. The van der Waals surface area contributed by atoms with E-state index in [2.05, 4.69) is 6.58 Å². The molecule has 0 aliphatic heterocycles. The van der Waals surface area contributed by atoms with Gasteiger partial charge in [-0.1, -0.05) is 32.6 Å². The topological polar surface area (TPSA) is 26.3 Å². The highest BCUT2D eigenvalue weighted by Crippen LogP contribution is 2.35. The maximum absolute atomic E-state index is 14.1. The van der Waals surface area contributed by atoms with E-state index >= 15 is 0 Å². The summed E-state index contributed by atoms with van der Waals surface area (Å²) in [5, 5.41) is 1.66. The first kappa shape index (κ1) is 17.2. The van der Waals surface area contributed by atoms with Crippen LogP contribution in [0.4, 0.5) is 4.39 Å². The normalized spacial score (nSPS) is 11.8. The van der Waals surface area contributed by atoms with E-state index in [-0.39, 0.29) is 17.7 Å². The first-order valence-electron chi connectivity index (χ1n) is 7.76. The van der Waals surface area contributed by atoms with Gasteiger partial charge in [-0.3, -0.25) is 4.79 Å². The number of carbonyl (C=O) groups is 1. The Labute approximate surface area is 137 Å². The molecule has 0 radical (unpaired) electrons. The second-order valence-electron chi connectivity index (χ2n) is 7.07. The maximum atomic E-state index is 14.1. The molecule has 2 aromatic carbocycles. The van der Waals surface area contributed by atoms with Crippen molar-refractivity contribution >= 4 is 22.8 Å². The smallest absolute Gasteiger partial charge is 0.316 e. The molecular formula is C20H23FO2. The molecule has 2 rings (SSSR count). The maximum Gasteiger partial charge on any atom is 0.316 e. The van der Waals surface area contributed by atoms with Crippen LogP contribution in [0, 0.1) is 11.2 Å². The number of benzene rings is 2. The van der Waals surface area contributed by atoms with Crippen LogP contribution in [0.15, 0.2) is 30.8 Å². The molecule has 0 unspecified atom stereocenters. The van der Waals surface area contributed by atoms with Gasteiger partial charge in [0.1, 0.15) is 11.6 Å². The van der Waals surface area contributed by atoms with E-state index in [1.165, 1.54) is 12.1 Å². The molecule has 0 atom stereocenters. The van der Waals surface area contributed by atoms with Gasteiger partial charge in [0.05, 0.1) is 5.41 Å². The van der Waals surface area contributed by atoms with Crippen molar-refractivity contribution in [2.45, 2.75) is 40.5 Å². The van der Waals surface area contributed by atoms with Crippen molar-refractivity contribution in [1.29, 1.82) is 0 Å². The minimum Gasteiger partial charge on any atom is -0.426 e. The number of hydrogen-bond acceptors (Lipinski definition) is 2. The molecule has 0 spiro atoms. The van der Waals surface area contributed by atoms with E-state index < -0.39 is 5.41 Å². The fourth-order valence-electron chi connectivity index (χ4n) is 2.45. The molecule has 0 saturated carbocycles. The predicted octanol–water partition coefficient (Wildman–Crippen LogP) is 5.70. The van der Waals surface area contributed by atoms with Gasteiger partial charge in [0.15, 0.2) is 0 Å². The quantitative estimate of drug-likeness (QED) is 0.537. The summed E-state index contributed by atoms with van der Waals surface area (Å²) in [7, 11) is 0. The molecule has 0 amide bonds. The minimum absolute atomic E-state index is 0.159. The second kappa shape index (κ2) is 6.15. The first-order valence-corrected chi connectivity index (χ1v) is 7.76. The molecule has 3 heteroatoms. The van der Waals surface area contributed by atoms with Gasteiger partial charge in [0, 0.05) is 5.56 Å². The zero-order valence-electron chi connectivity index (χ0n) is 14.4. The molecule has 23 heavy (non-hydrogen) atoms. The summed E-state index contributed by atoms with van der Waals surface area (Å²) in [6, 6.07) is 6.72. The van der Waals surface area contributed by atoms with Crippen LogP contribution < -0.4 is 4.74 Å². The van der Waals surface area contributed by atoms with Crippen LogP contribution in [0.2, 0.25) is 0 Å². The number of hydrogen-bond donors (Lipinski definition) is 0. The Morgan fingerprint density at radius 2 is 1.91 bits per heavy atom. The second-order valence-corrected chi connectivity index (χ2v) is 7.07. The van der Waals surface area contributed by atoms with Crippen molar-refractivity contribution in [3.8, 4) is 5.75 Å². The Bertz CT molecular complexity index is 767. The largest absolute Gasteiger partial charge is 0.426 e. The van der Waals surface area contributed by atoms with E-state index in [0.29, 0.717) is 11.3 Å². The molecule has 0 saturated heterocycles. The third-order valence-corrected chi connectivity index (χ3v) is 3.76. The summed E-state index contributed by atoms with van der Waals surface area (Å²) in [4.78, 5) is 12.1. The summed E-state index contributed by atoms with van der Waals surface area (Å²) in [5.41, 5.74) is 0.843. The van der Waals surface area contributed by atoms with Crippen molar-refractivity contribution in [3.05, 3.63) is 47.8 Å². The summed E-state index contributed by atoms with van der Waals surface area (Å²) in [5.74, 6) is 0.0560. The summed E-state index contributed by atoms with van der Waals surface area (Å²) < 4.78 is 19.6. The Hall–Kier alpha value is -2.16. The van der Waals surface area contributed by atoms with Gasteiger partial charge in [0.2, 0.25) is 0 Å². The first-order chi connectivity index (χ1) is 10.6. The van der Waals surface area contributed by atoms with E-state index in [1.807, 2.05) is 40.7 Å². The van der Waals surface area contributed by atoms with E-state index in [1.54, 1.807) is 12.1 Å². The van der Waals surface area contributed by atoms with Gasteiger partial charge in [-0.2, -0.15) is 0 Å². The lowest BCUT2D eigenvalue weighted by Gasteiger charge is -2.19. The monoisotopic (exact) mass is 314 g/mol. The fraction of sp³-hybridized carbons (Fsp3) is 0.350. The molecule has 2 nitrogen and oxygen atoms in total. The van der Waals surface area contributed by atoms with E-state index in [0.717, 1.165) is 16.3 Å². The summed E-state index contributed by atoms with van der Waals surface area (Å²) in [6.45, 7) is 13.2. The zero-order chi connectivity index (χ0) is 17.4. The Morgan fingerprint density at radius 3 is 2.43 bits per heavy atom. The highest BCUT2D eigenvalue weighted by Gasteiger charge is 2.24. The van der Waals surface area contributed by atoms with Crippen molar-refractivity contribution in [1.82, 2.24) is 0 Å². The van der Waals surface area contributed by atoms with Crippen LogP contribution in [-0.2, 0) is 4.79 Å². The van der Waals surface area contributed by atoms with Crippen molar-refractivity contribution in [3.63, 3.8) is 0 Å². The third kappa shape index (κ3) is 3.44. The Balaban J connectivity index is 2.66. The van der Waals surface area contributed by atoms with Gasteiger partial charge < -0.3 is 4.74 Å². The van der Waals surface area contributed by atoms with Gasteiger partial charge in [-0.05, 0) is 61.2 Å². The number of rotatable bonds is 3. The van der Waals surface area contributed by atoms with Crippen LogP contribution in [0.3, 0.4) is 0 Å². The number of halogens is 1. The molecule has 0 bridgehead atoms. The Kier molecular flexibility index (Phi) is 4.60. The van der Waals surface area contributed by atoms with Crippen molar-refractivity contribution in [2.24, 2.45) is 5.41 Å². The zero-order valence-corrected chi connectivity index (χ0v) is 14.4. The average Bonchev–Trinajstić information content (AvgIpc) is 2.45. The molecule has 122 valence electrons. The summed E-state index contributed by atoms with van der Waals surface area (Å²) >= 11 is 0. The Morgan fingerprint density at radius 1 is 1.26 bits per heavy atom. The molecule has 0 fully saturated rings. The number of ether oxygens (including phenoxy) is 1. The lowest BCUT2D eigenvalue weighted by Crippen LogP contribution is -2.25. The molecule has 0 aliphatic rings. The van der Waals surface area contributed by atoms with Gasteiger partial charge in [-0.25, -0.2) is 4.39 Å². The molecule has 0 N–H and O–H groups in total. The molecule has 2 aromatic rings. The van der Waals surface area contributed by atoms with Crippen LogP contribution in [-0.4, -0.2) is 5.97 Å². The van der Waals surface area contributed by atoms with Gasteiger partial charge >= 0.3 is 5.97 Å². The number of carbonyl (C=O) groups excluding carboxylic acids is 1. The molecule has 0 aromatic heterocycles. The van der Waals surface area contributed by atoms with Crippen LogP contribution in [0.5, 0.6) is 5.75 Å². The van der Waals surface area contributed by atoms with Crippen LogP contribution >= 0.6 is 0 Å². The molecular weight excluding hydrogens is 291 g/mol. The highest BCUT2D eigenvalue weighted by molar-refractivity contribution is 5.95. The van der Waals surface area contributed by atoms with Crippen LogP contribution in [0.25, 0.3) is 16.8 Å². The van der Waals surface area contributed by atoms with Crippen LogP contribution in [0.1, 0.15) is 51.7 Å². The van der Waals surface area contributed by atoms with Crippen molar-refractivity contribution in [2.75, 3.05) is 0 Å². The van der Waals surface area contributed by atoms with Crippen molar-refractivity contribution < 1.29 is 13.9 Å². The van der Waals surface area contributed by atoms with E-state index in [9.17, 15) is 9.18 Å². The third-order valence-electron chi connectivity index (χ3n) is 3.76. The number of esters is 1. The summed E-state index contributed by atoms with van der Waals surface area (Å²) in [6.07, 6.45) is 1.53.